The molecule has 0 saturated heterocycles. The lowest BCUT2D eigenvalue weighted by Gasteiger charge is -2.23. The second-order valence-electron chi connectivity index (χ2n) is 6.74. The Balaban J connectivity index is 2.01. The van der Waals surface area contributed by atoms with Gasteiger partial charge in [-0.2, -0.15) is 5.10 Å². The molecule has 0 unspecified atom stereocenters. The van der Waals surface area contributed by atoms with Crippen LogP contribution in [0, 0.1) is 6.92 Å². The molecule has 0 aromatic carbocycles. The molecule has 23 heavy (non-hydrogen) atoms. The first-order chi connectivity index (χ1) is 10.8. The Morgan fingerprint density at radius 3 is 2.74 bits per heavy atom. The molecule has 2 heterocycles. The average molecular weight is 318 g/mol. The number of hydrogen-bond acceptors (Lipinski definition) is 4. The van der Waals surface area contributed by atoms with E-state index >= 15 is 0 Å². The molecule has 126 valence electrons. The first-order valence-electron chi connectivity index (χ1n) is 7.90. The molecule has 2 aromatic rings. The number of carbonyl (C=O) groups excluding carboxylic acids is 1. The van der Waals surface area contributed by atoms with Crippen molar-refractivity contribution in [2.75, 3.05) is 18.4 Å². The van der Waals surface area contributed by atoms with Gasteiger partial charge in [-0.15, -0.1) is 0 Å². The third kappa shape index (κ3) is 4.69. The van der Waals surface area contributed by atoms with E-state index < -0.39 is 0 Å². The van der Waals surface area contributed by atoms with Crippen molar-refractivity contribution in [2.24, 2.45) is 0 Å². The first kappa shape index (κ1) is 17.3. The second kappa shape index (κ2) is 7.00. The van der Waals surface area contributed by atoms with Gasteiger partial charge in [-0.1, -0.05) is 6.92 Å². The van der Waals surface area contributed by atoms with Crippen LogP contribution in [-0.2, 0) is 16.9 Å². The van der Waals surface area contributed by atoms with Crippen LogP contribution in [0.25, 0.3) is 0 Å². The average Bonchev–Trinajstić information content (AvgIpc) is 3.07. The highest BCUT2D eigenvalue weighted by Gasteiger charge is 2.20. The standard InChI is InChI=1S/C17H26N4O2/c1-6-20(10-14-7-8-23-12-14)11-16(22)18-15-9-13(2)19-21(15)17(3,4)5/h7-9,12H,6,10-11H2,1-5H3,(H,18,22). The van der Waals surface area contributed by atoms with Crippen LogP contribution >= 0.6 is 0 Å². The normalized spacial score (nSPS) is 11.9. The summed E-state index contributed by atoms with van der Waals surface area (Å²) in [7, 11) is 0. The molecule has 0 aliphatic rings. The van der Waals surface area contributed by atoms with E-state index in [1.165, 1.54) is 0 Å². The topological polar surface area (TPSA) is 63.3 Å². The van der Waals surface area contributed by atoms with Crippen LogP contribution in [0.15, 0.2) is 29.1 Å². The summed E-state index contributed by atoms with van der Waals surface area (Å²) < 4.78 is 6.93. The number of rotatable bonds is 6. The van der Waals surface area contributed by atoms with Crippen LogP contribution < -0.4 is 5.32 Å². The Morgan fingerprint density at radius 1 is 1.43 bits per heavy atom. The number of amides is 1. The molecule has 6 nitrogen and oxygen atoms in total. The molecule has 0 bridgehead atoms. The van der Waals surface area contributed by atoms with Gasteiger partial charge in [0.15, 0.2) is 0 Å². The molecular formula is C17H26N4O2. The fourth-order valence-corrected chi connectivity index (χ4v) is 2.41. The summed E-state index contributed by atoms with van der Waals surface area (Å²) >= 11 is 0. The number of hydrogen-bond donors (Lipinski definition) is 1. The zero-order valence-electron chi connectivity index (χ0n) is 14.6. The Morgan fingerprint density at radius 2 is 2.17 bits per heavy atom. The van der Waals surface area contributed by atoms with Gasteiger partial charge in [0.05, 0.1) is 30.3 Å². The van der Waals surface area contributed by atoms with Gasteiger partial charge >= 0.3 is 0 Å². The van der Waals surface area contributed by atoms with Crippen molar-refractivity contribution in [3.05, 3.63) is 35.9 Å². The predicted molar refractivity (Wildman–Crippen MR) is 90.2 cm³/mol. The molecule has 0 aliphatic heterocycles. The summed E-state index contributed by atoms with van der Waals surface area (Å²) in [4.78, 5) is 14.4. The van der Waals surface area contributed by atoms with E-state index in [9.17, 15) is 4.79 Å². The number of anilines is 1. The van der Waals surface area contributed by atoms with Gasteiger partial charge in [-0.05, 0) is 40.3 Å². The van der Waals surface area contributed by atoms with Crippen LogP contribution in [0.4, 0.5) is 5.82 Å². The molecule has 0 fully saturated rings. The molecule has 0 aliphatic carbocycles. The highest BCUT2D eigenvalue weighted by molar-refractivity contribution is 5.91. The highest BCUT2D eigenvalue weighted by atomic mass is 16.3. The van der Waals surface area contributed by atoms with Crippen molar-refractivity contribution in [3.63, 3.8) is 0 Å². The lowest BCUT2D eigenvalue weighted by atomic mass is 10.1. The maximum absolute atomic E-state index is 12.4. The zero-order valence-corrected chi connectivity index (χ0v) is 14.6. The van der Waals surface area contributed by atoms with Gasteiger partial charge in [-0.25, -0.2) is 4.68 Å². The molecule has 1 amide bonds. The summed E-state index contributed by atoms with van der Waals surface area (Å²) in [6.45, 7) is 12.0. The smallest absolute Gasteiger partial charge is 0.239 e. The lowest BCUT2D eigenvalue weighted by Crippen LogP contribution is -2.34. The number of nitrogens with one attached hydrogen (secondary N) is 1. The fourth-order valence-electron chi connectivity index (χ4n) is 2.41. The van der Waals surface area contributed by atoms with Crippen LogP contribution in [0.1, 0.15) is 39.0 Å². The van der Waals surface area contributed by atoms with E-state index in [1.54, 1.807) is 12.5 Å². The summed E-state index contributed by atoms with van der Waals surface area (Å²) in [6.07, 6.45) is 3.35. The van der Waals surface area contributed by atoms with Gasteiger partial charge in [0.25, 0.3) is 0 Å². The minimum Gasteiger partial charge on any atom is -0.472 e. The van der Waals surface area contributed by atoms with Crippen LogP contribution in [-0.4, -0.2) is 33.7 Å². The predicted octanol–water partition coefficient (Wildman–Crippen LogP) is 3.00. The summed E-state index contributed by atoms with van der Waals surface area (Å²) in [5, 5.41) is 7.45. The summed E-state index contributed by atoms with van der Waals surface area (Å²) in [5.74, 6) is 0.695. The van der Waals surface area contributed by atoms with E-state index in [-0.39, 0.29) is 11.4 Å². The van der Waals surface area contributed by atoms with Gasteiger partial charge in [-0.3, -0.25) is 9.69 Å². The molecule has 0 radical (unpaired) electrons. The van der Waals surface area contributed by atoms with E-state index in [1.807, 2.05) is 30.7 Å². The van der Waals surface area contributed by atoms with Gasteiger partial charge in [0.2, 0.25) is 5.91 Å². The minimum atomic E-state index is -0.182. The van der Waals surface area contributed by atoms with Crippen LogP contribution in [0.5, 0.6) is 0 Å². The monoisotopic (exact) mass is 318 g/mol. The maximum atomic E-state index is 12.4. The second-order valence-corrected chi connectivity index (χ2v) is 6.74. The Bertz CT molecular complexity index is 638. The van der Waals surface area contributed by atoms with E-state index in [4.69, 9.17) is 4.42 Å². The third-order valence-electron chi connectivity index (χ3n) is 3.54. The summed E-state index contributed by atoms with van der Waals surface area (Å²) in [5.41, 5.74) is 1.77. The minimum absolute atomic E-state index is 0.0410. The van der Waals surface area contributed by atoms with Crippen LogP contribution in [0.3, 0.4) is 0 Å². The SMILES string of the molecule is CCN(CC(=O)Nc1cc(C)nn1C(C)(C)C)Cc1ccoc1. The maximum Gasteiger partial charge on any atom is 0.239 e. The molecule has 2 aromatic heterocycles. The van der Waals surface area contributed by atoms with E-state index in [2.05, 4.69) is 36.1 Å². The quantitative estimate of drug-likeness (QED) is 0.889. The van der Waals surface area contributed by atoms with Gasteiger partial charge < -0.3 is 9.73 Å². The summed E-state index contributed by atoms with van der Waals surface area (Å²) in [6, 6.07) is 3.81. The molecule has 1 N–H and O–H groups in total. The Kier molecular flexibility index (Phi) is 5.26. The Hall–Kier alpha value is -2.08. The van der Waals surface area contributed by atoms with E-state index in [0.29, 0.717) is 13.1 Å². The molecule has 0 saturated carbocycles. The largest absolute Gasteiger partial charge is 0.472 e. The number of nitrogens with zero attached hydrogens (tertiary/aromatic N) is 3. The van der Waals surface area contributed by atoms with Crippen molar-refractivity contribution in [2.45, 2.75) is 46.7 Å². The molecule has 6 heteroatoms. The van der Waals surface area contributed by atoms with Crippen molar-refractivity contribution >= 4 is 11.7 Å². The van der Waals surface area contributed by atoms with Crippen molar-refractivity contribution in [3.8, 4) is 0 Å². The number of aromatic nitrogens is 2. The number of carbonyl (C=O) groups is 1. The van der Waals surface area contributed by atoms with Gasteiger partial charge in [0, 0.05) is 18.2 Å². The highest BCUT2D eigenvalue weighted by Crippen LogP contribution is 2.21. The fraction of sp³-hybridized carbons (Fsp3) is 0.529. The first-order valence-corrected chi connectivity index (χ1v) is 7.90. The van der Waals surface area contributed by atoms with E-state index in [0.717, 1.165) is 23.6 Å². The lowest BCUT2D eigenvalue weighted by molar-refractivity contribution is -0.117. The van der Waals surface area contributed by atoms with Crippen molar-refractivity contribution in [1.29, 1.82) is 0 Å². The molecule has 0 spiro atoms. The molecule has 0 atom stereocenters. The zero-order chi connectivity index (χ0) is 17.0. The molecular weight excluding hydrogens is 292 g/mol. The van der Waals surface area contributed by atoms with Crippen LogP contribution in [0.2, 0.25) is 0 Å². The number of aryl methyl sites for hydroxylation is 1. The number of furan rings is 1. The van der Waals surface area contributed by atoms with Gasteiger partial charge in [0.1, 0.15) is 5.82 Å². The number of likely N-dealkylation sites (N-methyl/N-ethyl adjacent to an activating group) is 1. The Labute approximate surface area is 137 Å². The van der Waals surface area contributed by atoms with Crippen molar-refractivity contribution < 1.29 is 9.21 Å². The molecule has 2 rings (SSSR count). The van der Waals surface area contributed by atoms with Crippen molar-refractivity contribution in [1.82, 2.24) is 14.7 Å². The third-order valence-corrected chi connectivity index (χ3v) is 3.54.